The summed E-state index contributed by atoms with van der Waals surface area (Å²) < 4.78 is 0. The molecule has 5 aromatic rings. The molecule has 0 aliphatic heterocycles. The summed E-state index contributed by atoms with van der Waals surface area (Å²) >= 11 is 0. The predicted octanol–water partition coefficient (Wildman–Crippen LogP) is 13.2. The van der Waals surface area contributed by atoms with Crippen LogP contribution < -0.4 is 4.90 Å². The van der Waals surface area contributed by atoms with Crippen molar-refractivity contribution in [3.8, 4) is 22.3 Å². The molecule has 0 spiro atoms. The second-order valence-corrected chi connectivity index (χ2v) is 14.6. The Balaban J connectivity index is 1.19. The standard InChI is InChI=1S/C45H47N/c1-45(2)43-20-12-11-19-41(43)42-30-29-38(31-44(42)45)46(36-25-21-33(22-26-36)32-13-5-3-6-14-32)37-27-23-35(24-28-37)40-18-10-9-17-39(40)34-15-7-4-8-16-34/h9-12,17-32,34H,3-8,13-16H2,1-2H3. The van der Waals surface area contributed by atoms with E-state index in [1.54, 1.807) is 0 Å². The fourth-order valence-corrected chi connectivity index (χ4v) is 8.93. The molecular formula is C45H47N. The third kappa shape index (κ3) is 5.28. The van der Waals surface area contributed by atoms with Gasteiger partial charge in [0.05, 0.1) is 0 Å². The van der Waals surface area contributed by atoms with Gasteiger partial charge in [-0.15, -0.1) is 0 Å². The van der Waals surface area contributed by atoms with Gasteiger partial charge in [-0.25, -0.2) is 0 Å². The minimum absolute atomic E-state index is 0.0366. The van der Waals surface area contributed by atoms with Crippen molar-refractivity contribution in [2.75, 3.05) is 4.90 Å². The number of nitrogens with zero attached hydrogens (tertiary/aromatic N) is 1. The number of hydrogen-bond donors (Lipinski definition) is 0. The normalized spacial score (nSPS) is 17.8. The lowest BCUT2D eigenvalue weighted by Gasteiger charge is -2.29. The van der Waals surface area contributed by atoms with Crippen LogP contribution in [0.15, 0.2) is 115 Å². The zero-order valence-electron chi connectivity index (χ0n) is 27.6. The second-order valence-electron chi connectivity index (χ2n) is 14.6. The van der Waals surface area contributed by atoms with Gasteiger partial charge >= 0.3 is 0 Å². The van der Waals surface area contributed by atoms with Crippen molar-refractivity contribution >= 4 is 17.1 Å². The van der Waals surface area contributed by atoms with Crippen LogP contribution in [0.1, 0.15) is 112 Å². The Bertz CT molecular complexity index is 1810. The maximum Gasteiger partial charge on any atom is 0.0465 e. The number of rotatable bonds is 6. The number of hydrogen-bond acceptors (Lipinski definition) is 1. The lowest BCUT2D eigenvalue weighted by Crippen LogP contribution is -2.16. The van der Waals surface area contributed by atoms with Crippen LogP contribution in [0, 0.1) is 0 Å². The lowest BCUT2D eigenvalue weighted by atomic mass is 9.81. The SMILES string of the molecule is CC1(C)c2ccccc2-c2ccc(N(c3ccc(-c4ccccc4C4CCCCC4)cc3)c3ccc(C4CCCCC4)cc3)cc21. The van der Waals surface area contributed by atoms with Gasteiger partial charge in [0.25, 0.3) is 0 Å². The average Bonchev–Trinajstić information content (AvgIpc) is 3.35. The Labute approximate surface area is 276 Å². The quantitative estimate of drug-likeness (QED) is 0.187. The highest BCUT2D eigenvalue weighted by Crippen LogP contribution is 2.51. The third-order valence-electron chi connectivity index (χ3n) is 11.5. The fraction of sp³-hybridized carbons (Fsp3) is 0.333. The van der Waals surface area contributed by atoms with Gasteiger partial charge in [-0.05, 0) is 118 Å². The number of anilines is 3. The largest absolute Gasteiger partial charge is 0.310 e. The monoisotopic (exact) mass is 601 g/mol. The molecule has 8 rings (SSSR count). The van der Waals surface area contributed by atoms with Crippen molar-refractivity contribution in [1.82, 2.24) is 0 Å². The summed E-state index contributed by atoms with van der Waals surface area (Å²) in [4.78, 5) is 2.47. The zero-order valence-corrected chi connectivity index (χ0v) is 27.6. The Morgan fingerprint density at radius 2 is 1.02 bits per heavy atom. The molecule has 2 saturated carbocycles. The third-order valence-corrected chi connectivity index (χ3v) is 11.5. The summed E-state index contributed by atoms with van der Waals surface area (Å²) in [6, 6.07) is 44.2. The maximum absolute atomic E-state index is 2.47. The molecule has 46 heavy (non-hydrogen) atoms. The van der Waals surface area contributed by atoms with E-state index in [-0.39, 0.29) is 5.41 Å². The van der Waals surface area contributed by atoms with Crippen LogP contribution >= 0.6 is 0 Å². The van der Waals surface area contributed by atoms with E-state index in [1.807, 2.05) is 0 Å². The van der Waals surface area contributed by atoms with Gasteiger partial charge in [-0.2, -0.15) is 0 Å². The number of fused-ring (bicyclic) bond motifs is 3. The minimum Gasteiger partial charge on any atom is -0.310 e. The molecule has 3 aliphatic carbocycles. The predicted molar refractivity (Wildman–Crippen MR) is 196 cm³/mol. The van der Waals surface area contributed by atoms with Gasteiger partial charge in [0, 0.05) is 22.5 Å². The van der Waals surface area contributed by atoms with Crippen LogP contribution in [0.3, 0.4) is 0 Å². The molecule has 0 atom stereocenters. The summed E-state index contributed by atoms with van der Waals surface area (Å²) in [7, 11) is 0. The van der Waals surface area contributed by atoms with Crippen molar-refractivity contribution in [3.63, 3.8) is 0 Å². The molecule has 1 nitrogen and oxygen atoms in total. The van der Waals surface area contributed by atoms with E-state index in [2.05, 4.69) is 134 Å². The van der Waals surface area contributed by atoms with Crippen LogP contribution in [0.25, 0.3) is 22.3 Å². The second kappa shape index (κ2) is 12.3. The van der Waals surface area contributed by atoms with E-state index in [0.717, 1.165) is 0 Å². The summed E-state index contributed by atoms with van der Waals surface area (Å²) in [5, 5.41) is 0. The Kier molecular flexibility index (Phi) is 7.81. The highest BCUT2D eigenvalue weighted by molar-refractivity contribution is 5.86. The highest BCUT2D eigenvalue weighted by Gasteiger charge is 2.35. The molecule has 0 amide bonds. The van der Waals surface area contributed by atoms with E-state index in [4.69, 9.17) is 0 Å². The van der Waals surface area contributed by atoms with Gasteiger partial charge < -0.3 is 4.90 Å². The van der Waals surface area contributed by atoms with Crippen molar-refractivity contribution in [2.45, 2.75) is 95.3 Å². The number of benzene rings is 5. The lowest BCUT2D eigenvalue weighted by molar-refractivity contribution is 0.443. The maximum atomic E-state index is 2.47. The first-order chi connectivity index (χ1) is 22.6. The van der Waals surface area contributed by atoms with Gasteiger partial charge in [0.15, 0.2) is 0 Å². The van der Waals surface area contributed by atoms with Crippen LogP contribution in [-0.2, 0) is 5.41 Å². The Hall–Kier alpha value is -4.10. The van der Waals surface area contributed by atoms with E-state index >= 15 is 0 Å². The average molecular weight is 602 g/mol. The molecule has 3 aliphatic rings. The van der Waals surface area contributed by atoms with Gasteiger partial charge in [-0.3, -0.25) is 0 Å². The molecule has 2 fully saturated rings. The summed E-state index contributed by atoms with van der Waals surface area (Å²) in [6.07, 6.45) is 13.5. The first-order valence-corrected chi connectivity index (χ1v) is 17.9. The molecule has 5 aromatic carbocycles. The van der Waals surface area contributed by atoms with E-state index in [0.29, 0.717) is 11.8 Å². The summed E-state index contributed by atoms with van der Waals surface area (Å²) in [6.45, 7) is 4.76. The zero-order chi connectivity index (χ0) is 31.1. The molecule has 0 heterocycles. The van der Waals surface area contributed by atoms with Crippen molar-refractivity contribution < 1.29 is 0 Å². The van der Waals surface area contributed by atoms with Crippen LogP contribution in [0.2, 0.25) is 0 Å². The molecular weight excluding hydrogens is 555 g/mol. The Morgan fingerprint density at radius 3 is 1.72 bits per heavy atom. The highest BCUT2D eigenvalue weighted by atomic mass is 15.1. The van der Waals surface area contributed by atoms with E-state index in [9.17, 15) is 0 Å². The summed E-state index contributed by atoms with van der Waals surface area (Å²) in [5.41, 5.74) is 15.0. The van der Waals surface area contributed by atoms with Crippen LogP contribution in [0.4, 0.5) is 17.1 Å². The minimum atomic E-state index is -0.0366. The smallest absolute Gasteiger partial charge is 0.0465 e. The molecule has 0 N–H and O–H groups in total. The molecule has 0 unspecified atom stereocenters. The van der Waals surface area contributed by atoms with E-state index < -0.39 is 0 Å². The first kappa shape index (κ1) is 29.3. The van der Waals surface area contributed by atoms with Gasteiger partial charge in [0.2, 0.25) is 0 Å². The van der Waals surface area contributed by atoms with Crippen molar-refractivity contribution in [2.24, 2.45) is 0 Å². The van der Waals surface area contributed by atoms with Crippen molar-refractivity contribution in [3.05, 3.63) is 138 Å². The fourth-order valence-electron chi connectivity index (χ4n) is 8.93. The van der Waals surface area contributed by atoms with Gasteiger partial charge in [-0.1, -0.05) is 131 Å². The first-order valence-electron chi connectivity index (χ1n) is 17.9. The Morgan fingerprint density at radius 1 is 0.478 bits per heavy atom. The summed E-state index contributed by atoms with van der Waals surface area (Å²) in [5.74, 6) is 1.39. The molecule has 0 saturated heterocycles. The molecule has 0 aromatic heterocycles. The van der Waals surface area contributed by atoms with E-state index in [1.165, 1.54) is 126 Å². The topological polar surface area (TPSA) is 3.24 Å². The van der Waals surface area contributed by atoms with Crippen LogP contribution in [0.5, 0.6) is 0 Å². The molecule has 0 radical (unpaired) electrons. The molecule has 0 bridgehead atoms. The molecule has 1 heteroatoms. The van der Waals surface area contributed by atoms with Crippen LogP contribution in [-0.4, -0.2) is 0 Å². The molecule has 232 valence electrons. The van der Waals surface area contributed by atoms with Gasteiger partial charge in [0.1, 0.15) is 0 Å². The van der Waals surface area contributed by atoms with Crippen molar-refractivity contribution in [1.29, 1.82) is 0 Å².